The molecule has 1 N–H and O–H groups in total. The smallest absolute Gasteiger partial charge is 0.256 e. The van der Waals surface area contributed by atoms with Crippen LogP contribution in [0.25, 0.3) is 11.6 Å². The van der Waals surface area contributed by atoms with Gasteiger partial charge < -0.3 is 5.32 Å². The summed E-state index contributed by atoms with van der Waals surface area (Å²) in [5.41, 5.74) is 5.04. The maximum Gasteiger partial charge on any atom is 0.256 e. The Labute approximate surface area is 127 Å². The summed E-state index contributed by atoms with van der Waals surface area (Å²) < 4.78 is 0. The molecule has 2 heterocycles. The minimum atomic E-state index is -0.0209. The molecule has 1 aliphatic heterocycles. The normalized spacial score (nSPS) is 18.5. The molecule has 3 nitrogen and oxygen atoms in total. The molecule has 0 unspecified atom stereocenters. The molecule has 1 amide bonds. The molecule has 0 spiro atoms. The second-order valence-electron chi connectivity index (χ2n) is 5.64. The Morgan fingerprint density at radius 3 is 3.00 bits per heavy atom. The van der Waals surface area contributed by atoms with Crippen molar-refractivity contribution < 1.29 is 4.79 Å². The van der Waals surface area contributed by atoms with Gasteiger partial charge in [0.25, 0.3) is 5.91 Å². The molecular formula is C17H16N2OS. The van der Waals surface area contributed by atoms with Crippen LogP contribution in [0.15, 0.2) is 18.2 Å². The number of benzene rings is 1. The van der Waals surface area contributed by atoms with Gasteiger partial charge in [-0.15, -0.1) is 11.3 Å². The van der Waals surface area contributed by atoms with Gasteiger partial charge in [-0.3, -0.25) is 4.79 Å². The average molecular weight is 296 g/mol. The van der Waals surface area contributed by atoms with Gasteiger partial charge in [-0.25, -0.2) is 4.98 Å². The molecule has 4 rings (SSSR count). The molecule has 4 heteroatoms. The molecule has 1 aliphatic carbocycles. The Morgan fingerprint density at radius 1 is 1.29 bits per heavy atom. The van der Waals surface area contributed by atoms with Crippen LogP contribution in [0.5, 0.6) is 0 Å². The van der Waals surface area contributed by atoms with Crippen LogP contribution in [-0.2, 0) is 17.6 Å². The van der Waals surface area contributed by atoms with E-state index in [2.05, 4.69) is 5.32 Å². The molecule has 106 valence electrons. The second kappa shape index (κ2) is 4.81. The van der Waals surface area contributed by atoms with Gasteiger partial charge in [0, 0.05) is 16.1 Å². The van der Waals surface area contributed by atoms with Gasteiger partial charge in [-0.05, 0) is 50.3 Å². The number of aromatic nitrogens is 1. The first-order chi connectivity index (χ1) is 10.2. The van der Waals surface area contributed by atoms with Crippen LogP contribution in [-0.4, -0.2) is 10.9 Å². The number of nitrogens with one attached hydrogen (secondary N) is 1. The van der Waals surface area contributed by atoms with Crippen LogP contribution in [0.2, 0.25) is 0 Å². The van der Waals surface area contributed by atoms with Crippen LogP contribution >= 0.6 is 11.3 Å². The highest BCUT2D eigenvalue weighted by Gasteiger charge is 2.26. The minimum absolute atomic E-state index is 0.0209. The Bertz CT molecular complexity index is 750. The third kappa shape index (κ3) is 2.10. The van der Waals surface area contributed by atoms with Gasteiger partial charge in [-0.2, -0.15) is 0 Å². The maximum absolute atomic E-state index is 12.2. The zero-order chi connectivity index (χ0) is 14.4. The largest absolute Gasteiger partial charge is 0.321 e. The Kier molecular flexibility index (Phi) is 2.93. The average Bonchev–Trinajstić information content (AvgIpc) is 3.01. The van der Waals surface area contributed by atoms with Crippen molar-refractivity contribution in [2.75, 3.05) is 5.32 Å². The van der Waals surface area contributed by atoms with Crippen molar-refractivity contribution in [1.29, 1.82) is 0 Å². The summed E-state index contributed by atoms with van der Waals surface area (Å²) in [5, 5.41) is 3.90. The lowest BCUT2D eigenvalue weighted by Crippen LogP contribution is -2.03. The number of carbonyl (C=O) groups excluding carboxylic acids is 1. The summed E-state index contributed by atoms with van der Waals surface area (Å²) in [6.07, 6.45) is 6.66. The minimum Gasteiger partial charge on any atom is -0.321 e. The molecule has 1 aromatic heterocycles. The number of aryl methyl sites for hydroxylation is 3. The van der Waals surface area contributed by atoms with E-state index in [4.69, 9.17) is 4.98 Å². The lowest BCUT2D eigenvalue weighted by molar-refractivity contribution is -0.110. The lowest BCUT2D eigenvalue weighted by atomic mass is 10.0. The summed E-state index contributed by atoms with van der Waals surface area (Å²) in [7, 11) is 0. The van der Waals surface area contributed by atoms with Crippen molar-refractivity contribution in [2.45, 2.75) is 32.6 Å². The molecule has 0 radical (unpaired) electrons. The molecule has 1 aromatic carbocycles. The fraction of sp³-hybridized carbons (Fsp3) is 0.294. The van der Waals surface area contributed by atoms with Gasteiger partial charge in [-0.1, -0.05) is 12.1 Å². The molecule has 2 aliphatic rings. The van der Waals surface area contributed by atoms with Crippen molar-refractivity contribution in [3.63, 3.8) is 0 Å². The van der Waals surface area contributed by atoms with E-state index in [1.165, 1.54) is 23.4 Å². The third-order valence-electron chi connectivity index (χ3n) is 4.16. The lowest BCUT2D eigenvalue weighted by Gasteiger charge is -2.06. The third-order valence-corrected chi connectivity index (χ3v) is 5.27. The van der Waals surface area contributed by atoms with Crippen molar-refractivity contribution in [3.8, 4) is 0 Å². The van der Waals surface area contributed by atoms with Crippen LogP contribution in [0.4, 0.5) is 5.69 Å². The first kappa shape index (κ1) is 12.8. The summed E-state index contributed by atoms with van der Waals surface area (Å²) in [5.74, 6) is -0.0209. The van der Waals surface area contributed by atoms with Gasteiger partial charge >= 0.3 is 0 Å². The number of rotatable bonds is 1. The standard InChI is InChI=1S/C17H16N2OS/c1-10-5-4-7-13-16(10)11(17(20)19-13)9-15-18-12-6-2-3-8-14(12)21-15/h4-5,7,9H,2-3,6,8H2,1H3,(H,19,20). The van der Waals surface area contributed by atoms with E-state index in [-0.39, 0.29) is 5.91 Å². The second-order valence-corrected chi connectivity index (χ2v) is 6.75. The van der Waals surface area contributed by atoms with Gasteiger partial charge in [0.1, 0.15) is 5.01 Å². The number of fused-ring (bicyclic) bond motifs is 2. The quantitative estimate of drug-likeness (QED) is 0.813. The first-order valence-electron chi connectivity index (χ1n) is 7.34. The molecule has 0 fully saturated rings. The molecule has 0 saturated carbocycles. The molecule has 0 saturated heterocycles. The van der Waals surface area contributed by atoms with Crippen molar-refractivity contribution in [2.24, 2.45) is 0 Å². The van der Waals surface area contributed by atoms with Crippen molar-refractivity contribution >= 4 is 34.6 Å². The highest BCUT2D eigenvalue weighted by atomic mass is 32.1. The Hall–Kier alpha value is -1.94. The number of carbonyl (C=O) groups is 1. The van der Waals surface area contributed by atoms with E-state index in [9.17, 15) is 4.79 Å². The number of thiazole rings is 1. The van der Waals surface area contributed by atoms with E-state index in [0.29, 0.717) is 0 Å². The molecular weight excluding hydrogens is 280 g/mol. The maximum atomic E-state index is 12.2. The zero-order valence-corrected chi connectivity index (χ0v) is 12.7. The Morgan fingerprint density at radius 2 is 2.14 bits per heavy atom. The monoisotopic (exact) mass is 296 g/mol. The predicted molar refractivity (Wildman–Crippen MR) is 86.4 cm³/mol. The van der Waals surface area contributed by atoms with E-state index >= 15 is 0 Å². The summed E-state index contributed by atoms with van der Waals surface area (Å²) >= 11 is 1.74. The molecule has 2 aromatic rings. The number of amides is 1. The van der Waals surface area contributed by atoms with Crippen LogP contribution in [0.1, 0.15) is 39.5 Å². The summed E-state index contributed by atoms with van der Waals surface area (Å²) in [6.45, 7) is 2.04. The van der Waals surface area contributed by atoms with Gasteiger partial charge in [0.2, 0.25) is 0 Å². The van der Waals surface area contributed by atoms with E-state index < -0.39 is 0 Å². The zero-order valence-electron chi connectivity index (χ0n) is 11.9. The van der Waals surface area contributed by atoms with Crippen LogP contribution in [0.3, 0.4) is 0 Å². The fourth-order valence-corrected chi connectivity index (χ4v) is 4.22. The number of hydrogen-bond donors (Lipinski definition) is 1. The molecule has 0 bridgehead atoms. The van der Waals surface area contributed by atoms with E-state index in [1.54, 1.807) is 11.3 Å². The number of anilines is 1. The predicted octanol–water partition coefficient (Wildman–Crippen LogP) is 3.82. The van der Waals surface area contributed by atoms with Gasteiger partial charge in [0.05, 0.1) is 11.3 Å². The SMILES string of the molecule is Cc1cccc2c1C(=Cc1nc3c(s1)CCCC3)C(=O)N2. The van der Waals surface area contributed by atoms with Gasteiger partial charge in [0.15, 0.2) is 0 Å². The topological polar surface area (TPSA) is 42.0 Å². The fourth-order valence-electron chi connectivity index (χ4n) is 3.13. The summed E-state index contributed by atoms with van der Waals surface area (Å²) in [4.78, 5) is 18.3. The number of hydrogen-bond acceptors (Lipinski definition) is 3. The summed E-state index contributed by atoms with van der Waals surface area (Å²) in [6, 6.07) is 5.97. The highest BCUT2D eigenvalue weighted by molar-refractivity contribution is 7.12. The Balaban J connectivity index is 1.80. The molecule has 0 atom stereocenters. The van der Waals surface area contributed by atoms with E-state index in [0.717, 1.165) is 40.2 Å². The van der Waals surface area contributed by atoms with E-state index in [1.807, 2.05) is 31.2 Å². The first-order valence-corrected chi connectivity index (χ1v) is 8.15. The van der Waals surface area contributed by atoms with Crippen molar-refractivity contribution in [3.05, 3.63) is 44.9 Å². The highest BCUT2D eigenvalue weighted by Crippen LogP contribution is 2.36. The van der Waals surface area contributed by atoms with Crippen molar-refractivity contribution in [1.82, 2.24) is 4.98 Å². The van der Waals surface area contributed by atoms with Crippen LogP contribution in [0, 0.1) is 6.92 Å². The number of nitrogens with zero attached hydrogens (tertiary/aromatic N) is 1. The molecule has 21 heavy (non-hydrogen) atoms. The van der Waals surface area contributed by atoms with Crippen LogP contribution < -0.4 is 5.32 Å².